The monoisotopic (exact) mass is 462 g/mol. The molecular weight excluding hydrogens is 432 g/mol. The highest BCUT2D eigenvalue weighted by atomic mass is 35.5. The maximum absolute atomic E-state index is 13.2. The van der Waals surface area contributed by atoms with Crippen molar-refractivity contribution in [1.29, 1.82) is 0 Å². The van der Waals surface area contributed by atoms with E-state index in [0.29, 0.717) is 11.6 Å². The van der Waals surface area contributed by atoms with Gasteiger partial charge < -0.3 is 14.4 Å². The molecule has 2 aliphatic heterocycles. The van der Waals surface area contributed by atoms with E-state index < -0.39 is 0 Å². The van der Waals surface area contributed by atoms with Crippen molar-refractivity contribution in [2.45, 2.75) is 38.3 Å². The molecular formula is C27H31ClN4O. The summed E-state index contributed by atoms with van der Waals surface area (Å²) in [5.74, 6) is 1.20. The van der Waals surface area contributed by atoms with Crippen molar-refractivity contribution < 1.29 is 4.79 Å². The molecule has 5 nitrogen and oxygen atoms in total. The number of hydrogen-bond donors (Lipinski definition) is 0. The fourth-order valence-corrected chi connectivity index (χ4v) is 5.49. The van der Waals surface area contributed by atoms with Crippen molar-refractivity contribution in [1.82, 2.24) is 19.4 Å². The third kappa shape index (κ3) is 4.71. The summed E-state index contributed by atoms with van der Waals surface area (Å²) >= 11 is 6.50. The number of nitrogens with zero attached hydrogens (tertiary/aromatic N) is 4. The van der Waals surface area contributed by atoms with Gasteiger partial charge in [0.25, 0.3) is 0 Å². The first-order valence-corrected chi connectivity index (χ1v) is 12.3. The predicted octanol–water partition coefficient (Wildman–Crippen LogP) is 5.26. The van der Waals surface area contributed by atoms with Gasteiger partial charge >= 0.3 is 0 Å². The minimum Gasteiger partial charge on any atom is -0.335 e. The Morgan fingerprint density at radius 3 is 2.48 bits per heavy atom. The van der Waals surface area contributed by atoms with Crippen molar-refractivity contribution in [2.24, 2.45) is 5.92 Å². The first kappa shape index (κ1) is 22.2. The number of benzene rings is 2. The quantitative estimate of drug-likeness (QED) is 0.502. The van der Waals surface area contributed by atoms with Crippen LogP contribution in [0.25, 0.3) is 11.3 Å². The molecule has 3 aromatic rings. The van der Waals surface area contributed by atoms with Gasteiger partial charge in [-0.25, -0.2) is 4.98 Å². The van der Waals surface area contributed by atoms with Crippen molar-refractivity contribution >= 4 is 17.5 Å². The normalized spacial score (nSPS) is 21.6. The molecule has 0 N–H and O–H groups in total. The molecule has 0 radical (unpaired) electrons. The summed E-state index contributed by atoms with van der Waals surface area (Å²) in [5, 5.41) is 0.687. The van der Waals surface area contributed by atoms with Gasteiger partial charge in [0.15, 0.2) is 0 Å². The highest BCUT2D eigenvalue weighted by Gasteiger charge is 2.41. The van der Waals surface area contributed by atoms with Crippen LogP contribution >= 0.6 is 11.6 Å². The maximum Gasteiger partial charge on any atom is 0.227 e. The number of imidazole rings is 1. The summed E-state index contributed by atoms with van der Waals surface area (Å²) in [7, 11) is 1.93. The van der Waals surface area contributed by atoms with Crippen LogP contribution in [-0.2, 0) is 11.3 Å². The van der Waals surface area contributed by atoms with Gasteiger partial charge in [0.05, 0.1) is 22.7 Å². The summed E-state index contributed by atoms with van der Waals surface area (Å²) in [6.07, 6.45) is 6.67. The van der Waals surface area contributed by atoms with E-state index in [1.165, 1.54) is 24.8 Å². The van der Waals surface area contributed by atoms with Gasteiger partial charge in [-0.05, 0) is 44.0 Å². The maximum atomic E-state index is 13.2. The molecule has 2 fully saturated rings. The van der Waals surface area contributed by atoms with Crippen LogP contribution in [0.2, 0.25) is 5.02 Å². The van der Waals surface area contributed by atoms with Crippen molar-refractivity contribution in [2.75, 3.05) is 26.7 Å². The lowest BCUT2D eigenvalue weighted by Crippen LogP contribution is -2.37. The Balaban J connectivity index is 1.46. The minimum atomic E-state index is -0.0350. The largest absolute Gasteiger partial charge is 0.335 e. The Bertz CT molecular complexity index is 1110. The molecule has 2 aromatic carbocycles. The lowest BCUT2D eigenvalue weighted by molar-refractivity contribution is -0.131. The molecule has 33 heavy (non-hydrogen) atoms. The number of carbonyl (C=O) groups excluding carboxylic acids is 1. The van der Waals surface area contributed by atoms with Gasteiger partial charge in [-0.2, -0.15) is 0 Å². The molecule has 1 aromatic heterocycles. The first-order chi connectivity index (χ1) is 16.1. The second-order valence-electron chi connectivity index (χ2n) is 9.34. The Morgan fingerprint density at radius 2 is 1.73 bits per heavy atom. The summed E-state index contributed by atoms with van der Waals surface area (Å²) < 4.78 is 2.20. The summed E-state index contributed by atoms with van der Waals surface area (Å²) in [6.45, 7) is 3.79. The molecule has 0 saturated carbocycles. The van der Waals surface area contributed by atoms with Crippen molar-refractivity contribution in [3.63, 3.8) is 0 Å². The zero-order valence-corrected chi connectivity index (χ0v) is 19.9. The predicted molar refractivity (Wildman–Crippen MR) is 132 cm³/mol. The fraction of sp³-hybridized carbons (Fsp3) is 0.407. The van der Waals surface area contributed by atoms with E-state index in [0.717, 1.165) is 43.1 Å². The van der Waals surface area contributed by atoms with Gasteiger partial charge in [-0.1, -0.05) is 66.6 Å². The Hall–Kier alpha value is -2.63. The standard InChI is InChI=1S/C27H31ClN4O/c1-30-25(16-21(27(30)33)18-31-14-8-3-9-15-31)26-29-24(22-12-6-7-13-23(22)28)19-32(26)17-20-10-4-2-5-11-20/h2,4-7,10-13,19,21,25H,3,8-9,14-18H2,1H3/t21-,25+/m1/s1. The van der Waals surface area contributed by atoms with E-state index in [2.05, 4.69) is 39.9 Å². The zero-order chi connectivity index (χ0) is 22.8. The number of likely N-dealkylation sites (tertiary alicyclic amines) is 2. The molecule has 0 bridgehead atoms. The van der Waals surface area contributed by atoms with Crippen LogP contribution in [0.5, 0.6) is 0 Å². The molecule has 0 unspecified atom stereocenters. The van der Waals surface area contributed by atoms with E-state index in [9.17, 15) is 4.79 Å². The van der Waals surface area contributed by atoms with Gasteiger partial charge in [0.2, 0.25) is 5.91 Å². The molecule has 2 saturated heterocycles. The number of hydrogen-bond acceptors (Lipinski definition) is 3. The molecule has 2 atom stereocenters. The third-order valence-corrected chi connectivity index (χ3v) is 7.38. The lowest BCUT2D eigenvalue weighted by Gasteiger charge is -2.28. The SMILES string of the molecule is CN1C(=O)[C@@H](CN2CCCCC2)C[C@H]1c1nc(-c2ccccc2Cl)cn1Cc1ccccc1. The Kier molecular flexibility index (Phi) is 6.52. The molecule has 0 spiro atoms. The van der Waals surface area contributed by atoms with E-state index >= 15 is 0 Å². The highest BCUT2D eigenvalue weighted by molar-refractivity contribution is 6.33. The van der Waals surface area contributed by atoms with Gasteiger partial charge in [0, 0.05) is 31.9 Å². The molecule has 3 heterocycles. The topological polar surface area (TPSA) is 41.4 Å². The van der Waals surface area contributed by atoms with Crippen LogP contribution in [0.15, 0.2) is 60.8 Å². The summed E-state index contributed by atoms with van der Waals surface area (Å²) in [4.78, 5) is 22.6. The van der Waals surface area contributed by atoms with E-state index in [1.807, 2.05) is 42.3 Å². The number of halogens is 1. The zero-order valence-electron chi connectivity index (χ0n) is 19.2. The smallest absolute Gasteiger partial charge is 0.227 e. The Morgan fingerprint density at radius 1 is 1.00 bits per heavy atom. The molecule has 1 amide bonds. The van der Waals surface area contributed by atoms with Crippen LogP contribution in [0.3, 0.4) is 0 Å². The molecule has 5 rings (SSSR count). The molecule has 0 aliphatic carbocycles. The van der Waals surface area contributed by atoms with Crippen molar-refractivity contribution in [3.8, 4) is 11.3 Å². The Labute approximate surface area is 201 Å². The highest BCUT2D eigenvalue weighted by Crippen LogP contribution is 2.37. The second kappa shape index (κ2) is 9.70. The average Bonchev–Trinajstić information content (AvgIpc) is 3.36. The van der Waals surface area contributed by atoms with Crippen LogP contribution in [0, 0.1) is 5.92 Å². The summed E-state index contributed by atoms with van der Waals surface area (Å²) in [6, 6.07) is 18.2. The lowest BCUT2D eigenvalue weighted by atomic mass is 10.0. The van der Waals surface area contributed by atoms with Gasteiger partial charge in [-0.3, -0.25) is 4.79 Å². The fourth-order valence-electron chi connectivity index (χ4n) is 5.26. The number of aromatic nitrogens is 2. The van der Waals surface area contributed by atoms with Crippen LogP contribution in [0.4, 0.5) is 0 Å². The van der Waals surface area contributed by atoms with Crippen LogP contribution in [-0.4, -0.2) is 51.9 Å². The van der Waals surface area contributed by atoms with Crippen LogP contribution in [0.1, 0.15) is 43.1 Å². The van der Waals surface area contributed by atoms with E-state index in [1.54, 1.807) is 0 Å². The minimum absolute atomic E-state index is 0.0312. The number of carbonyl (C=O) groups is 1. The van der Waals surface area contributed by atoms with Gasteiger partial charge in [-0.15, -0.1) is 0 Å². The third-order valence-electron chi connectivity index (χ3n) is 7.05. The first-order valence-electron chi connectivity index (χ1n) is 11.9. The molecule has 2 aliphatic rings. The summed E-state index contributed by atoms with van der Waals surface area (Å²) in [5.41, 5.74) is 2.98. The number of piperidine rings is 1. The van der Waals surface area contributed by atoms with Crippen molar-refractivity contribution in [3.05, 3.63) is 77.2 Å². The second-order valence-corrected chi connectivity index (χ2v) is 9.74. The molecule has 6 heteroatoms. The van der Waals surface area contributed by atoms with Gasteiger partial charge in [0.1, 0.15) is 5.82 Å². The number of rotatable bonds is 6. The van der Waals surface area contributed by atoms with E-state index in [-0.39, 0.29) is 17.9 Å². The average molecular weight is 463 g/mol. The molecule has 172 valence electrons. The van der Waals surface area contributed by atoms with E-state index in [4.69, 9.17) is 16.6 Å². The van der Waals surface area contributed by atoms with Crippen LogP contribution < -0.4 is 0 Å². The number of amides is 1.